The fraction of sp³-hybridized carbons (Fsp3) is 0.429. The number of hydrogen-bond donors (Lipinski definition) is 2. The number of methoxy groups -OCH3 is 2. The Labute approximate surface area is 117 Å². The first-order valence-electron chi connectivity index (χ1n) is 6.05. The molecule has 0 saturated carbocycles. The van der Waals surface area contributed by atoms with Crippen molar-refractivity contribution in [3.05, 3.63) is 35.4 Å². The van der Waals surface area contributed by atoms with Gasteiger partial charge in [-0.2, -0.15) is 0 Å². The van der Waals surface area contributed by atoms with E-state index in [1.807, 2.05) is 0 Å². The Hall–Kier alpha value is -1.92. The van der Waals surface area contributed by atoms with Crippen molar-refractivity contribution >= 4 is 11.9 Å². The van der Waals surface area contributed by atoms with Crippen molar-refractivity contribution in [1.29, 1.82) is 0 Å². The summed E-state index contributed by atoms with van der Waals surface area (Å²) in [4.78, 5) is 23.3. The van der Waals surface area contributed by atoms with Gasteiger partial charge in [0.2, 0.25) is 0 Å². The van der Waals surface area contributed by atoms with Crippen LogP contribution in [0.5, 0.6) is 0 Å². The van der Waals surface area contributed by atoms with Crippen LogP contribution in [-0.2, 0) is 20.9 Å². The Balaban J connectivity index is 2.81. The van der Waals surface area contributed by atoms with Crippen molar-refractivity contribution in [2.45, 2.75) is 19.1 Å². The molecule has 0 fully saturated rings. The summed E-state index contributed by atoms with van der Waals surface area (Å²) in [5, 5.41) is 11.6. The third-order valence-corrected chi connectivity index (χ3v) is 2.82. The lowest BCUT2D eigenvalue weighted by atomic mass is 10.0. The summed E-state index contributed by atoms with van der Waals surface area (Å²) in [6.07, 6.45) is 0. The second-order valence-corrected chi connectivity index (χ2v) is 4.65. The van der Waals surface area contributed by atoms with Gasteiger partial charge in [0.15, 0.2) is 5.54 Å². The van der Waals surface area contributed by atoms with Gasteiger partial charge in [-0.3, -0.25) is 4.79 Å². The van der Waals surface area contributed by atoms with Crippen molar-refractivity contribution in [2.75, 3.05) is 20.8 Å². The van der Waals surface area contributed by atoms with Crippen molar-refractivity contribution < 1.29 is 24.2 Å². The van der Waals surface area contributed by atoms with Crippen LogP contribution in [0.4, 0.5) is 0 Å². The first kappa shape index (κ1) is 16.1. The molecule has 0 aliphatic heterocycles. The highest BCUT2D eigenvalue weighted by Gasteiger charge is 2.35. The predicted octanol–water partition coefficient (Wildman–Crippen LogP) is 1.05. The maximum absolute atomic E-state index is 12.0. The van der Waals surface area contributed by atoms with Crippen molar-refractivity contribution in [1.82, 2.24) is 5.32 Å². The summed E-state index contributed by atoms with van der Waals surface area (Å²) in [6, 6.07) is 6.76. The Morgan fingerprint density at radius 2 is 1.80 bits per heavy atom. The highest BCUT2D eigenvalue weighted by Crippen LogP contribution is 2.10. The molecule has 0 aliphatic rings. The summed E-state index contributed by atoms with van der Waals surface area (Å²) in [5.41, 5.74) is -0.146. The minimum atomic E-state index is -1.46. The average Bonchev–Trinajstić information content (AvgIpc) is 2.40. The highest BCUT2D eigenvalue weighted by molar-refractivity contribution is 5.97. The van der Waals surface area contributed by atoms with Gasteiger partial charge < -0.3 is 19.9 Å². The summed E-state index contributed by atoms with van der Waals surface area (Å²) < 4.78 is 9.82. The molecule has 0 heterocycles. The number of hydrogen-bond acceptors (Lipinski definition) is 4. The molecule has 2 N–H and O–H groups in total. The summed E-state index contributed by atoms with van der Waals surface area (Å²) in [5.74, 6) is -1.61. The second-order valence-electron chi connectivity index (χ2n) is 4.65. The Bertz CT molecular complexity index is 471. The Morgan fingerprint density at radius 1 is 1.20 bits per heavy atom. The van der Waals surface area contributed by atoms with Crippen LogP contribution in [-0.4, -0.2) is 43.3 Å². The predicted molar refractivity (Wildman–Crippen MR) is 72.5 cm³/mol. The van der Waals surface area contributed by atoms with E-state index in [4.69, 9.17) is 14.6 Å². The normalized spacial score (nSPS) is 13.6. The fourth-order valence-electron chi connectivity index (χ4n) is 1.68. The van der Waals surface area contributed by atoms with E-state index < -0.39 is 17.4 Å². The van der Waals surface area contributed by atoms with E-state index in [0.717, 1.165) is 5.56 Å². The molecule has 6 nitrogen and oxygen atoms in total. The molecular formula is C14H19NO5. The van der Waals surface area contributed by atoms with E-state index in [2.05, 4.69) is 5.32 Å². The maximum atomic E-state index is 12.0. The number of carbonyl (C=O) groups excluding carboxylic acids is 1. The van der Waals surface area contributed by atoms with Gasteiger partial charge in [0, 0.05) is 19.8 Å². The lowest BCUT2D eigenvalue weighted by Gasteiger charge is -2.25. The van der Waals surface area contributed by atoms with Gasteiger partial charge in [-0.15, -0.1) is 0 Å². The molecule has 1 unspecified atom stereocenters. The van der Waals surface area contributed by atoms with Crippen LogP contribution in [0.2, 0.25) is 0 Å². The van der Waals surface area contributed by atoms with Crippen LogP contribution in [0, 0.1) is 0 Å². The van der Waals surface area contributed by atoms with Crippen LogP contribution in [0.15, 0.2) is 24.3 Å². The Kier molecular flexibility index (Phi) is 5.66. The minimum Gasteiger partial charge on any atom is -0.479 e. The number of nitrogens with one attached hydrogen (secondary N) is 1. The number of aliphatic carboxylic acids is 1. The fourth-order valence-corrected chi connectivity index (χ4v) is 1.68. The molecule has 1 amide bonds. The topological polar surface area (TPSA) is 84.9 Å². The zero-order valence-electron chi connectivity index (χ0n) is 11.8. The smallest absolute Gasteiger partial charge is 0.331 e. The van der Waals surface area contributed by atoms with Crippen LogP contribution in [0.1, 0.15) is 22.8 Å². The first-order chi connectivity index (χ1) is 9.42. The number of rotatable bonds is 7. The number of amides is 1. The van der Waals surface area contributed by atoms with Gasteiger partial charge >= 0.3 is 5.97 Å². The molecule has 1 atom stereocenters. The number of carboxylic acids is 1. The lowest BCUT2D eigenvalue weighted by molar-refractivity contribution is -0.145. The first-order valence-corrected chi connectivity index (χ1v) is 6.05. The molecule has 0 bridgehead atoms. The molecule has 0 aliphatic carbocycles. The van der Waals surface area contributed by atoms with Crippen molar-refractivity contribution in [3.63, 3.8) is 0 Å². The molecule has 6 heteroatoms. The zero-order chi connectivity index (χ0) is 15.2. The van der Waals surface area contributed by atoms with Crippen LogP contribution in [0.25, 0.3) is 0 Å². The second kappa shape index (κ2) is 7.02. The number of ether oxygens (including phenoxy) is 2. The van der Waals surface area contributed by atoms with E-state index in [1.54, 1.807) is 31.4 Å². The highest BCUT2D eigenvalue weighted by atomic mass is 16.5. The van der Waals surface area contributed by atoms with E-state index in [-0.39, 0.29) is 6.61 Å². The number of carboxylic acid groups (broad SMARTS) is 1. The summed E-state index contributed by atoms with van der Waals surface area (Å²) in [6.45, 7) is 1.74. The van der Waals surface area contributed by atoms with Gasteiger partial charge in [-0.25, -0.2) is 4.79 Å². The Morgan fingerprint density at radius 3 is 2.25 bits per heavy atom. The molecule has 110 valence electrons. The molecule has 0 radical (unpaired) electrons. The molecule has 1 aromatic rings. The molecule has 0 spiro atoms. The third kappa shape index (κ3) is 4.04. The molecule has 0 aromatic heterocycles. The third-order valence-electron chi connectivity index (χ3n) is 2.82. The summed E-state index contributed by atoms with van der Waals surface area (Å²) >= 11 is 0. The minimum absolute atomic E-state index is 0.115. The largest absolute Gasteiger partial charge is 0.479 e. The van der Waals surface area contributed by atoms with E-state index in [1.165, 1.54) is 14.0 Å². The van der Waals surface area contributed by atoms with Gasteiger partial charge in [0.1, 0.15) is 0 Å². The van der Waals surface area contributed by atoms with Crippen molar-refractivity contribution in [2.24, 2.45) is 0 Å². The number of carbonyl (C=O) groups is 2. The SMILES string of the molecule is COCc1ccc(C(=O)NC(C)(COC)C(=O)O)cc1. The molecule has 1 aromatic carbocycles. The molecular weight excluding hydrogens is 262 g/mol. The van der Waals surface area contributed by atoms with E-state index in [9.17, 15) is 9.59 Å². The van der Waals surface area contributed by atoms with E-state index >= 15 is 0 Å². The van der Waals surface area contributed by atoms with Gasteiger partial charge in [-0.05, 0) is 24.6 Å². The van der Waals surface area contributed by atoms with Crippen molar-refractivity contribution in [3.8, 4) is 0 Å². The van der Waals surface area contributed by atoms with Crippen LogP contribution >= 0.6 is 0 Å². The van der Waals surface area contributed by atoms with E-state index in [0.29, 0.717) is 12.2 Å². The maximum Gasteiger partial charge on any atom is 0.331 e. The lowest BCUT2D eigenvalue weighted by Crippen LogP contribution is -2.55. The van der Waals surface area contributed by atoms with Gasteiger partial charge in [-0.1, -0.05) is 12.1 Å². The zero-order valence-corrected chi connectivity index (χ0v) is 11.8. The number of benzene rings is 1. The van der Waals surface area contributed by atoms with Crippen LogP contribution < -0.4 is 5.32 Å². The van der Waals surface area contributed by atoms with Gasteiger partial charge in [0.05, 0.1) is 13.2 Å². The molecule has 20 heavy (non-hydrogen) atoms. The van der Waals surface area contributed by atoms with Gasteiger partial charge in [0.25, 0.3) is 5.91 Å². The standard InChI is InChI=1S/C14H19NO5/c1-14(9-20-3,13(17)18)15-12(16)11-6-4-10(5-7-11)8-19-2/h4-7H,8-9H2,1-3H3,(H,15,16)(H,17,18). The summed E-state index contributed by atoms with van der Waals surface area (Å²) in [7, 11) is 2.97. The monoisotopic (exact) mass is 281 g/mol. The average molecular weight is 281 g/mol. The van der Waals surface area contributed by atoms with Crippen LogP contribution in [0.3, 0.4) is 0 Å². The molecule has 1 rings (SSSR count). The molecule has 0 saturated heterocycles. The quantitative estimate of drug-likeness (QED) is 0.780.